The zero-order chi connectivity index (χ0) is 22.4. The predicted octanol–water partition coefficient (Wildman–Crippen LogP) is 0.273. The lowest BCUT2D eigenvalue weighted by atomic mass is 9.99. The van der Waals surface area contributed by atoms with E-state index in [1.165, 1.54) is 19.2 Å². The van der Waals surface area contributed by atoms with Gasteiger partial charge >= 0.3 is 5.97 Å². The average molecular weight is 434 g/mol. The van der Waals surface area contributed by atoms with Gasteiger partial charge in [0.05, 0.1) is 19.3 Å². The first kappa shape index (κ1) is 23.0. The highest BCUT2D eigenvalue weighted by Crippen LogP contribution is 2.29. The number of hydrogen-bond donors (Lipinski definition) is 4. The van der Waals surface area contributed by atoms with Crippen molar-refractivity contribution in [1.29, 1.82) is 0 Å². The molecule has 1 saturated heterocycles. The third-order valence-corrected chi connectivity index (χ3v) is 4.96. The van der Waals surface area contributed by atoms with E-state index >= 15 is 0 Å². The first-order valence-electron chi connectivity index (χ1n) is 9.80. The number of rotatable bonds is 8. The first-order valence-corrected chi connectivity index (χ1v) is 9.80. The van der Waals surface area contributed by atoms with Crippen LogP contribution in [0.15, 0.2) is 48.5 Å². The molecule has 9 heteroatoms. The molecule has 0 amide bonds. The van der Waals surface area contributed by atoms with Gasteiger partial charge in [-0.05, 0) is 23.8 Å². The monoisotopic (exact) mass is 434 g/mol. The van der Waals surface area contributed by atoms with Crippen LogP contribution < -0.4 is 9.47 Å². The minimum Gasteiger partial charge on any atom is -0.493 e. The van der Waals surface area contributed by atoms with Crippen molar-refractivity contribution in [3.63, 3.8) is 0 Å². The molecular weight excluding hydrogens is 408 g/mol. The van der Waals surface area contributed by atoms with Crippen LogP contribution in [-0.4, -0.2) is 77.4 Å². The Morgan fingerprint density at radius 2 is 1.71 bits per heavy atom. The molecule has 9 nitrogen and oxygen atoms in total. The highest BCUT2D eigenvalue weighted by atomic mass is 16.6. The Labute approximate surface area is 179 Å². The third kappa shape index (κ3) is 5.72. The summed E-state index contributed by atoms with van der Waals surface area (Å²) in [5, 5.41) is 38.6. The predicted molar refractivity (Wildman–Crippen MR) is 108 cm³/mol. The summed E-state index contributed by atoms with van der Waals surface area (Å²) < 4.78 is 21.2. The number of ether oxygens (including phenoxy) is 4. The second-order valence-electron chi connectivity index (χ2n) is 7.09. The van der Waals surface area contributed by atoms with E-state index in [0.717, 1.165) is 5.56 Å². The Balaban J connectivity index is 1.56. The third-order valence-electron chi connectivity index (χ3n) is 4.96. The molecule has 0 bridgehead atoms. The molecule has 5 atom stereocenters. The van der Waals surface area contributed by atoms with E-state index in [2.05, 4.69) is 0 Å². The molecule has 2 aromatic carbocycles. The van der Waals surface area contributed by atoms with E-state index in [1.807, 2.05) is 30.3 Å². The highest BCUT2D eigenvalue weighted by Gasteiger charge is 2.43. The summed E-state index contributed by atoms with van der Waals surface area (Å²) in [7, 11) is 1.45. The molecule has 1 heterocycles. The minimum atomic E-state index is -1.70. The van der Waals surface area contributed by atoms with Crippen molar-refractivity contribution in [2.24, 2.45) is 0 Å². The van der Waals surface area contributed by atoms with Crippen molar-refractivity contribution in [2.75, 3.05) is 20.3 Å². The molecule has 168 valence electrons. The maximum absolute atomic E-state index is 12.4. The van der Waals surface area contributed by atoms with Gasteiger partial charge in [0.2, 0.25) is 0 Å². The Morgan fingerprint density at radius 1 is 0.968 bits per heavy atom. The molecule has 0 radical (unpaired) electrons. The van der Waals surface area contributed by atoms with Gasteiger partial charge in [-0.2, -0.15) is 0 Å². The normalized spacial score (nSPS) is 25.6. The van der Waals surface area contributed by atoms with Gasteiger partial charge in [0.1, 0.15) is 31.0 Å². The van der Waals surface area contributed by atoms with Crippen LogP contribution in [-0.2, 0) is 15.9 Å². The van der Waals surface area contributed by atoms with E-state index in [1.54, 1.807) is 6.07 Å². The Hall–Kier alpha value is -2.69. The maximum Gasteiger partial charge on any atom is 0.338 e. The average Bonchev–Trinajstić information content (AvgIpc) is 2.79. The largest absolute Gasteiger partial charge is 0.493 e. The molecule has 4 N–H and O–H groups in total. The van der Waals surface area contributed by atoms with Crippen LogP contribution in [0.5, 0.6) is 11.5 Å². The fraction of sp³-hybridized carbons (Fsp3) is 0.409. The molecule has 1 aliphatic rings. The van der Waals surface area contributed by atoms with Crippen LogP contribution in [0, 0.1) is 0 Å². The topological polar surface area (TPSA) is 135 Å². The van der Waals surface area contributed by atoms with Crippen molar-refractivity contribution in [3.8, 4) is 11.5 Å². The first-order chi connectivity index (χ1) is 14.9. The summed E-state index contributed by atoms with van der Waals surface area (Å²) in [6.45, 7) is -0.00391. The number of benzene rings is 2. The number of hydrogen-bond acceptors (Lipinski definition) is 9. The lowest BCUT2D eigenvalue weighted by molar-refractivity contribution is -0.286. The van der Waals surface area contributed by atoms with Gasteiger partial charge in [-0.25, -0.2) is 4.79 Å². The zero-order valence-electron chi connectivity index (χ0n) is 17.0. The summed E-state index contributed by atoms with van der Waals surface area (Å²) in [5.41, 5.74) is 1.32. The van der Waals surface area contributed by atoms with Gasteiger partial charge in [0, 0.05) is 6.42 Å². The van der Waals surface area contributed by atoms with Crippen LogP contribution in [0.25, 0.3) is 0 Å². The molecular formula is C22H26O9. The Kier molecular flexibility index (Phi) is 7.83. The van der Waals surface area contributed by atoms with E-state index < -0.39 is 43.3 Å². The smallest absolute Gasteiger partial charge is 0.338 e. The fourth-order valence-electron chi connectivity index (χ4n) is 3.15. The van der Waals surface area contributed by atoms with E-state index in [4.69, 9.17) is 18.9 Å². The lowest BCUT2D eigenvalue weighted by Crippen LogP contribution is -2.58. The number of carbonyl (C=O) groups is 1. The van der Waals surface area contributed by atoms with Gasteiger partial charge in [-0.1, -0.05) is 30.3 Å². The summed E-state index contributed by atoms with van der Waals surface area (Å²) in [6, 6.07) is 14.4. The molecule has 0 spiro atoms. The number of aliphatic hydroxyl groups excluding tert-OH is 4. The van der Waals surface area contributed by atoms with Gasteiger partial charge in [-0.3, -0.25) is 0 Å². The van der Waals surface area contributed by atoms with Crippen LogP contribution >= 0.6 is 0 Å². The van der Waals surface area contributed by atoms with E-state index in [-0.39, 0.29) is 5.56 Å². The van der Waals surface area contributed by atoms with Gasteiger partial charge in [-0.15, -0.1) is 0 Å². The highest BCUT2D eigenvalue weighted by molar-refractivity contribution is 5.90. The Morgan fingerprint density at radius 3 is 2.42 bits per heavy atom. The summed E-state index contributed by atoms with van der Waals surface area (Å²) >= 11 is 0. The maximum atomic E-state index is 12.4. The van der Waals surface area contributed by atoms with Gasteiger partial charge in [0.25, 0.3) is 0 Å². The summed E-state index contributed by atoms with van der Waals surface area (Å²) in [4.78, 5) is 12.4. The molecule has 1 fully saturated rings. The lowest BCUT2D eigenvalue weighted by Gasteiger charge is -2.37. The minimum absolute atomic E-state index is 0.179. The number of esters is 1. The molecule has 2 aromatic rings. The van der Waals surface area contributed by atoms with Crippen LogP contribution in [0.1, 0.15) is 15.9 Å². The van der Waals surface area contributed by atoms with Crippen LogP contribution in [0.2, 0.25) is 0 Å². The molecule has 3 rings (SSSR count). The molecule has 0 aliphatic carbocycles. The van der Waals surface area contributed by atoms with Crippen molar-refractivity contribution in [3.05, 3.63) is 59.7 Å². The second-order valence-corrected chi connectivity index (χ2v) is 7.09. The SMILES string of the molecule is COc1cc(C(=O)OC[C@H]2OC(O)[C@H](O)[C@@H](O)[C@H]2O)ccc1OCCc1ccccc1. The molecule has 0 saturated carbocycles. The molecule has 1 unspecified atom stereocenters. The quantitative estimate of drug-likeness (QED) is 0.432. The van der Waals surface area contributed by atoms with Crippen LogP contribution in [0.4, 0.5) is 0 Å². The number of carbonyl (C=O) groups excluding carboxylic acids is 1. The Bertz CT molecular complexity index is 857. The van der Waals surface area contributed by atoms with Crippen molar-refractivity contribution >= 4 is 5.97 Å². The molecule has 0 aromatic heterocycles. The van der Waals surface area contributed by atoms with E-state index in [9.17, 15) is 25.2 Å². The van der Waals surface area contributed by atoms with Gasteiger partial charge < -0.3 is 39.4 Å². The molecule has 31 heavy (non-hydrogen) atoms. The molecule has 1 aliphatic heterocycles. The number of methoxy groups -OCH3 is 1. The summed E-state index contributed by atoms with van der Waals surface area (Å²) in [6.07, 6.45) is -6.99. The standard InChI is InChI=1S/C22H26O9/c1-28-16-11-14(7-8-15(16)29-10-9-13-5-3-2-4-6-13)21(26)30-12-17-18(23)19(24)20(25)22(27)31-17/h2-8,11,17-20,22-25,27H,9-10,12H2,1H3/t17-,18+,19+,20-,22?/m1/s1. The van der Waals surface area contributed by atoms with Crippen molar-refractivity contribution in [2.45, 2.75) is 37.1 Å². The van der Waals surface area contributed by atoms with Crippen LogP contribution in [0.3, 0.4) is 0 Å². The van der Waals surface area contributed by atoms with Crippen molar-refractivity contribution in [1.82, 2.24) is 0 Å². The number of aliphatic hydroxyl groups is 4. The summed E-state index contributed by atoms with van der Waals surface area (Å²) in [5.74, 6) is 0.103. The zero-order valence-corrected chi connectivity index (χ0v) is 17.0. The fourth-order valence-corrected chi connectivity index (χ4v) is 3.15. The van der Waals surface area contributed by atoms with Crippen molar-refractivity contribution < 1.29 is 44.2 Å². The van der Waals surface area contributed by atoms with E-state index in [0.29, 0.717) is 24.5 Å². The van der Waals surface area contributed by atoms with Gasteiger partial charge in [0.15, 0.2) is 17.8 Å². The second kappa shape index (κ2) is 10.6.